The van der Waals surface area contributed by atoms with Gasteiger partial charge < -0.3 is 10.8 Å². The molecule has 0 heterocycles. The van der Waals surface area contributed by atoms with E-state index in [9.17, 15) is 9.50 Å². The van der Waals surface area contributed by atoms with Crippen LogP contribution in [0.4, 0.5) is 4.39 Å². The summed E-state index contributed by atoms with van der Waals surface area (Å²) >= 11 is 5.64. The van der Waals surface area contributed by atoms with E-state index in [1.54, 1.807) is 13.0 Å². The molecule has 0 saturated carbocycles. The summed E-state index contributed by atoms with van der Waals surface area (Å²) in [5, 5.41) is 9.99. The summed E-state index contributed by atoms with van der Waals surface area (Å²) in [5.41, 5.74) is 5.32. The number of hydrogen-bond acceptors (Lipinski definition) is 2. The van der Waals surface area contributed by atoms with Crippen LogP contribution in [0.2, 0.25) is 5.02 Å². The zero-order chi connectivity index (χ0) is 11.5. The molecule has 0 spiro atoms. The standard InChI is InChI=1S/C11H15ClFNO/c1-11(15,4-5-14)7-8-2-3-10(13)9(12)6-8/h2-3,6,15H,4-5,7,14H2,1H3. The minimum absolute atomic E-state index is 0.0797. The van der Waals surface area contributed by atoms with Crippen molar-refractivity contribution in [2.45, 2.75) is 25.4 Å². The Hall–Kier alpha value is -0.640. The van der Waals surface area contributed by atoms with E-state index >= 15 is 0 Å². The molecular formula is C11H15ClFNO. The van der Waals surface area contributed by atoms with Crippen LogP contribution in [0.15, 0.2) is 18.2 Å². The fourth-order valence-electron chi connectivity index (χ4n) is 1.49. The summed E-state index contributed by atoms with van der Waals surface area (Å²) in [4.78, 5) is 0. The number of nitrogens with two attached hydrogens (primary N) is 1. The summed E-state index contributed by atoms with van der Waals surface area (Å²) < 4.78 is 12.9. The molecule has 0 aliphatic heterocycles. The van der Waals surface area contributed by atoms with Gasteiger partial charge in [0.1, 0.15) is 5.82 Å². The van der Waals surface area contributed by atoms with Crippen molar-refractivity contribution in [1.29, 1.82) is 0 Å². The highest BCUT2D eigenvalue weighted by atomic mass is 35.5. The van der Waals surface area contributed by atoms with E-state index in [2.05, 4.69) is 0 Å². The van der Waals surface area contributed by atoms with Crippen LogP contribution in [0.1, 0.15) is 18.9 Å². The van der Waals surface area contributed by atoms with Gasteiger partial charge in [0.15, 0.2) is 0 Å². The summed E-state index contributed by atoms with van der Waals surface area (Å²) in [6.07, 6.45) is 0.923. The zero-order valence-corrected chi connectivity index (χ0v) is 9.39. The van der Waals surface area contributed by atoms with Crippen LogP contribution in [-0.4, -0.2) is 17.3 Å². The first kappa shape index (κ1) is 12.4. The Balaban J connectivity index is 2.76. The van der Waals surface area contributed by atoms with E-state index < -0.39 is 11.4 Å². The molecule has 0 aliphatic carbocycles. The molecule has 1 aromatic carbocycles. The normalized spacial score (nSPS) is 15.0. The summed E-state index contributed by atoms with van der Waals surface area (Å²) in [7, 11) is 0. The topological polar surface area (TPSA) is 46.2 Å². The van der Waals surface area contributed by atoms with Gasteiger partial charge >= 0.3 is 0 Å². The van der Waals surface area contributed by atoms with Gasteiger partial charge in [0.05, 0.1) is 10.6 Å². The fraction of sp³-hybridized carbons (Fsp3) is 0.455. The average Bonchev–Trinajstić information content (AvgIpc) is 2.10. The van der Waals surface area contributed by atoms with Gasteiger partial charge in [0.25, 0.3) is 0 Å². The van der Waals surface area contributed by atoms with Crippen LogP contribution in [0.25, 0.3) is 0 Å². The highest BCUT2D eigenvalue weighted by Crippen LogP contribution is 2.21. The van der Waals surface area contributed by atoms with Gasteiger partial charge in [0, 0.05) is 6.42 Å². The second-order valence-corrected chi connectivity index (χ2v) is 4.37. The molecule has 0 saturated heterocycles. The third kappa shape index (κ3) is 3.78. The second kappa shape index (κ2) is 4.92. The molecule has 0 amide bonds. The van der Waals surface area contributed by atoms with Gasteiger partial charge in [0.2, 0.25) is 0 Å². The van der Waals surface area contributed by atoms with E-state index in [1.807, 2.05) is 0 Å². The molecule has 1 aromatic rings. The number of aliphatic hydroxyl groups is 1. The van der Waals surface area contributed by atoms with Crippen LogP contribution < -0.4 is 5.73 Å². The van der Waals surface area contributed by atoms with Gasteiger partial charge in [-0.05, 0) is 37.6 Å². The van der Waals surface area contributed by atoms with Crippen molar-refractivity contribution >= 4 is 11.6 Å². The van der Waals surface area contributed by atoms with Crippen LogP contribution in [-0.2, 0) is 6.42 Å². The largest absolute Gasteiger partial charge is 0.390 e. The first-order valence-corrected chi connectivity index (χ1v) is 5.19. The number of benzene rings is 1. The van der Waals surface area contributed by atoms with Crippen molar-refractivity contribution in [3.8, 4) is 0 Å². The average molecular weight is 232 g/mol. The van der Waals surface area contributed by atoms with Crippen molar-refractivity contribution in [2.24, 2.45) is 5.73 Å². The maximum absolute atomic E-state index is 12.9. The van der Waals surface area contributed by atoms with Crippen LogP contribution >= 0.6 is 11.6 Å². The van der Waals surface area contributed by atoms with Gasteiger partial charge in [-0.2, -0.15) is 0 Å². The Morgan fingerprint density at radius 3 is 2.73 bits per heavy atom. The van der Waals surface area contributed by atoms with E-state index in [1.165, 1.54) is 12.1 Å². The second-order valence-electron chi connectivity index (χ2n) is 3.96. The predicted molar refractivity (Wildman–Crippen MR) is 59.4 cm³/mol. The molecule has 2 nitrogen and oxygen atoms in total. The lowest BCUT2D eigenvalue weighted by Gasteiger charge is -2.22. The lowest BCUT2D eigenvalue weighted by Crippen LogP contribution is -2.30. The molecule has 84 valence electrons. The van der Waals surface area contributed by atoms with E-state index in [4.69, 9.17) is 17.3 Å². The Morgan fingerprint density at radius 2 is 2.20 bits per heavy atom. The molecule has 1 rings (SSSR count). The summed E-state index contributed by atoms with van der Waals surface area (Å²) in [5.74, 6) is -0.445. The maximum Gasteiger partial charge on any atom is 0.141 e. The molecule has 0 fully saturated rings. The SMILES string of the molecule is CC(O)(CCN)Cc1ccc(F)c(Cl)c1. The molecule has 4 heteroatoms. The third-order valence-electron chi connectivity index (χ3n) is 2.25. The molecule has 1 atom stereocenters. The Morgan fingerprint density at radius 1 is 1.53 bits per heavy atom. The lowest BCUT2D eigenvalue weighted by atomic mass is 9.93. The molecular weight excluding hydrogens is 217 g/mol. The summed E-state index contributed by atoms with van der Waals surface area (Å²) in [6.45, 7) is 2.12. The van der Waals surface area contributed by atoms with E-state index in [0.717, 1.165) is 5.56 Å². The van der Waals surface area contributed by atoms with Gasteiger partial charge in [-0.3, -0.25) is 0 Å². The molecule has 0 aliphatic rings. The minimum atomic E-state index is -0.865. The highest BCUT2D eigenvalue weighted by molar-refractivity contribution is 6.30. The number of hydrogen-bond donors (Lipinski definition) is 2. The van der Waals surface area contributed by atoms with E-state index in [-0.39, 0.29) is 5.02 Å². The molecule has 0 bridgehead atoms. The lowest BCUT2D eigenvalue weighted by molar-refractivity contribution is 0.0539. The van der Waals surface area contributed by atoms with Crippen molar-refractivity contribution in [3.05, 3.63) is 34.6 Å². The maximum atomic E-state index is 12.9. The predicted octanol–water partition coefficient (Wildman–Crippen LogP) is 2.12. The molecule has 0 radical (unpaired) electrons. The van der Waals surface area contributed by atoms with Gasteiger partial charge in [-0.25, -0.2) is 4.39 Å². The van der Waals surface area contributed by atoms with E-state index in [0.29, 0.717) is 19.4 Å². The molecule has 15 heavy (non-hydrogen) atoms. The first-order chi connectivity index (χ1) is 6.94. The molecule has 0 aromatic heterocycles. The molecule has 1 unspecified atom stereocenters. The summed E-state index contributed by atoms with van der Waals surface area (Å²) in [6, 6.07) is 4.45. The first-order valence-electron chi connectivity index (χ1n) is 4.81. The smallest absolute Gasteiger partial charge is 0.141 e. The Bertz CT molecular complexity index is 341. The zero-order valence-electron chi connectivity index (χ0n) is 8.63. The molecule has 3 N–H and O–H groups in total. The quantitative estimate of drug-likeness (QED) is 0.834. The third-order valence-corrected chi connectivity index (χ3v) is 2.54. The van der Waals surface area contributed by atoms with Crippen molar-refractivity contribution in [3.63, 3.8) is 0 Å². The fourth-order valence-corrected chi connectivity index (χ4v) is 1.69. The Kier molecular flexibility index (Phi) is 4.08. The van der Waals surface area contributed by atoms with Crippen LogP contribution in [0.3, 0.4) is 0 Å². The number of rotatable bonds is 4. The minimum Gasteiger partial charge on any atom is -0.390 e. The number of halogens is 2. The monoisotopic (exact) mass is 231 g/mol. The van der Waals surface area contributed by atoms with Crippen molar-refractivity contribution in [1.82, 2.24) is 0 Å². The van der Waals surface area contributed by atoms with Gasteiger partial charge in [-0.15, -0.1) is 0 Å². The Labute approximate surface area is 93.9 Å². The highest BCUT2D eigenvalue weighted by Gasteiger charge is 2.20. The van der Waals surface area contributed by atoms with Crippen molar-refractivity contribution in [2.75, 3.05) is 6.54 Å². The van der Waals surface area contributed by atoms with Crippen molar-refractivity contribution < 1.29 is 9.50 Å². The van der Waals surface area contributed by atoms with Gasteiger partial charge in [-0.1, -0.05) is 17.7 Å². The van der Waals surface area contributed by atoms with Crippen LogP contribution in [0, 0.1) is 5.82 Å². The van der Waals surface area contributed by atoms with Crippen LogP contribution in [0.5, 0.6) is 0 Å².